The Hall–Kier alpha value is -2.47. The second kappa shape index (κ2) is 8.40. The number of furan rings is 1. The molecule has 24 heavy (non-hydrogen) atoms. The summed E-state index contributed by atoms with van der Waals surface area (Å²) < 4.78 is 16.5. The lowest BCUT2D eigenvalue weighted by Gasteiger charge is -2.13. The molecule has 128 valence electrons. The molecule has 0 aliphatic carbocycles. The Morgan fingerprint density at radius 3 is 3.04 bits per heavy atom. The minimum Gasteiger partial charge on any atom is -0.491 e. The number of hydrogen-bond donors (Lipinski definition) is 2. The number of anilines is 1. The van der Waals surface area contributed by atoms with E-state index in [2.05, 4.69) is 10.6 Å². The second-order valence-corrected chi connectivity index (χ2v) is 5.68. The first-order valence-corrected chi connectivity index (χ1v) is 8.17. The van der Waals surface area contributed by atoms with Crippen LogP contribution in [0.25, 0.3) is 0 Å². The average molecular weight is 330 g/mol. The quantitative estimate of drug-likeness (QED) is 0.778. The molecule has 0 bridgehead atoms. The number of hydrogen-bond acceptors (Lipinski definition) is 5. The molecule has 1 aliphatic heterocycles. The summed E-state index contributed by atoms with van der Waals surface area (Å²) in [4.78, 5) is 11.8. The lowest BCUT2D eigenvalue weighted by atomic mass is 10.2. The summed E-state index contributed by atoms with van der Waals surface area (Å²) in [5, 5.41) is 5.88. The van der Waals surface area contributed by atoms with Crippen molar-refractivity contribution in [3.63, 3.8) is 0 Å². The van der Waals surface area contributed by atoms with Crippen LogP contribution < -0.4 is 15.4 Å². The molecule has 1 saturated heterocycles. The number of rotatable bonds is 8. The van der Waals surface area contributed by atoms with E-state index in [1.807, 2.05) is 30.3 Å². The summed E-state index contributed by atoms with van der Waals surface area (Å²) in [7, 11) is 0. The summed E-state index contributed by atoms with van der Waals surface area (Å²) in [6.07, 6.45) is 3.92. The highest BCUT2D eigenvalue weighted by atomic mass is 16.5. The van der Waals surface area contributed by atoms with E-state index < -0.39 is 0 Å². The van der Waals surface area contributed by atoms with Crippen LogP contribution in [0, 0.1) is 0 Å². The normalized spacial score (nSPS) is 16.8. The predicted octanol–water partition coefficient (Wildman–Crippen LogP) is 2.57. The van der Waals surface area contributed by atoms with Gasteiger partial charge in [0.1, 0.15) is 18.1 Å². The number of carbonyl (C=O) groups excluding carboxylic acids is 1. The average Bonchev–Trinajstić information content (AvgIpc) is 3.30. The van der Waals surface area contributed by atoms with Gasteiger partial charge in [0.2, 0.25) is 5.91 Å². The Bertz CT molecular complexity index is 636. The van der Waals surface area contributed by atoms with Crippen molar-refractivity contribution < 1.29 is 18.7 Å². The predicted molar refractivity (Wildman–Crippen MR) is 90.0 cm³/mol. The van der Waals surface area contributed by atoms with Gasteiger partial charge in [-0.05, 0) is 37.1 Å². The largest absolute Gasteiger partial charge is 0.491 e. The number of amides is 1. The monoisotopic (exact) mass is 330 g/mol. The van der Waals surface area contributed by atoms with E-state index >= 15 is 0 Å². The van der Waals surface area contributed by atoms with Gasteiger partial charge in [-0.1, -0.05) is 6.07 Å². The maximum Gasteiger partial charge on any atom is 0.239 e. The molecule has 2 N–H and O–H groups in total. The van der Waals surface area contributed by atoms with Gasteiger partial charge < -0.3 is 24.5 Å². The van der Waals surface area contributed by atoms with E-state index in [4.69, 9.17) is 13.9 Å². The molecule has 1 unspecified atom stereocenters. The van der Waals surface area contributed by atoms with Crippen LogP contribution in [-0.2, 0) is 16.1 Å². The van der Waals surface area contributed by atoms with Crippen LogP contribution in [0.2, 0.25) is 0 Å². The molecule has 1 aromatic carbocycles. The lowest BCUT2D eigenvalue weighted by Crippen LogP contribution is -2.29. The van der Waals surface area contributed by atoms with E-state index in [1.54, 1.807) is 12.3 Å². The minimum absolute atomic E-state index is 0.0999. The van der Waals surface area contributed by atoms with Crippen molar-refractivity contribution in [2.24, 2.45) is 0 Å². The molecule has 1 atom stereocenters. The fraction of sp³-hybridized carbons (Fsp3) is 0.389. The molecule has 6 heteroatoms. The van der Waals surface area contributed by atoms with Gasteiger partial charge in [-0.15, -0.1) is 0 Å². The van der Waals surface area contributed by atoms with Crippen LogP contribution >= 0.6 is 0 Å². The van der Waals surface area contributed by atoms with Gasteiger partial charge in [0, 0.05) is 18.4 Å². The fourth-order valence-electron chi connectivity index (χ4n) is 2.50. The van der Waals surface area contributed by atoms with Crippen LogP contribution in [0.5, 0.6) is 5.75 Å². The van der Waals surface area contributed by atoms with Gasteiger partial charge in [0.05, 0.1) is 25.5 Å². The third-order valence-corrected chi connectivity index (χ3v) is 3.79. The molecule has 6 nitrogen and oxygen atoms in total. The van der Waals surface area contributed by atoms with E-state index in [-0.39, 0.29) is 18.6 Å². The number of ether oxygens (including phenoxy) is 2. The topological polar surface area (TPSA) is 72.7 Å². The highest BCUT2D eigenvalue weighted by molar-refractivity contribution is 5.80. The Labute approximate surface area is 141 Å². The van der Waals surface area contributed by atoms with Gasteiger partial charge in [-0.2, -0.15) is 0 Å². The van der Waals surface area contributed by atoms with Gasteiger partial charge in [-0.25, -0.2) is 0 Å². The Morgan fingerprint density at radius 1 is 1.29 bits per heavy atom. The van der Waals surface area contributed by atoms with E-state index in [9.17, 15) is 4.79 Å². The van der Waals surface area contributed by atoms with Gasteiger partial charge in [-0.3, -0.25) is 4.79 Å². The van der Waals surface area contributed by atoms with Crippen molar-refractivity contribution in [3.8, 4) is 5.75 Å². The smallest absolute Gasteiger partial charge is 0.239 e. The first-order chi connectivity index (χ1) is 11.8. The Morgan fingerprint density at radius 2 is 2.25 bits per heavy atom. The maximum atomic E-state index is 11.8. The van der Waals surface area contributed by atoms with Crippen molar-refractivity contribution in [1.82, 2.24) is 5.32 Å². The van der Waals surface area contributed by atoms with E-state index in [0.717, 1.165) is 36.6 Å². The standard InChI is InChI=1S/C18H22N2O4/c21-18(20-11-16-6-2-8-22-16)12-19-14-4-1-5-15(10-14)24-13-17-7-3-9-23-17/h1-2,4-6,8,10,17,19H,3,7,9,11-13H2,(H,20,21). The number of benzene rings is 1. The van der Waals surface area contributed by atoms with Crippen molar-refractivity contribution in [2.75, 3.05) is 25.1 Å². The summed E-state index contributed by atoms with van der Waals surface area (Å²) in [6, 6.07) is 11.2. The van der Waals surface area contributed by atoms with Crippen LogP contribution in [0.3, 0.4) is 0 Å². The summed E-state index contributed by atoms with van der Waals surface area (Å²) in [5.41, 5.74) is 0.841. The van der Waals surface area contributed by atoms with E-state index in [0.29, 0.717) is 13.2 Å². The van der Waals surface area contributed by atoms with Crippen molar-refractivity contribution in [1.29, 1.82) is 0 Å². The van der Waals surface area contributed by atoms with Crippen molar-refractivity contribution >= 4 is 11.6 Å². The Balaban J connectivity index is 1.41. The molecular weight excluding hydrogens is 308 g/mol. The van der Waals surface area contributed by atoms with Crippen molar-refractivity contribution in [2.45, 2.75) is 25.5 Å². The molecule has 0 radical (unpaired) electrons. The van der Waals surface area contributed by atoms with Gasteiger partial charge in [0.15, 0.2) is 0 Å². The lowest BCUT2D eigenvalue weighted by molar-refractivity contribution is -0.119. The molecule has 1 fully saturated rings. The first-order valence-electron chi connectivity index (χ1n) is 8.17. The zero-order chi connectivity index (χ0) is 16.6. The molecule has 3 rings (SSSR count). The first kappa shape index (κ1) is 16.4. The zero-order valence-electron chi connectivity index (χ0n) is 13.5. The fourth-order valence-corrected chi connectivity index (χ4v) is 2.50. The molecule has 1 aliphatic rings. The summed E-state index contributed by atoms with van der Waals surface area (Å²) in [5.74, 6) is 1.40. The number of nitrogens with one attached hydrogen (secondary N) is 2. The highest BCUT2D eigenvalue weighted by Gasteiger charge is 2.16. The molecule has 1 amide bonds. The minimum atomic E-state index is -0.0999. The zero-order valence-corrected chi connectivity index (χ0v) is 13.5. The third kappa shape index (κ3) is 5.03. The molecule has 0 spiro atoms. The van der Waals surface area contributed by atoms with Crippen LogP contribution in [-0.4, -0.2) is 31.8 Å². The maximum absolute atomic E-state index is 11.8. The molecule has 0 saturated carbocycles. The number of carbonyl (C=O) groups is 1. The van der Waals surface area contributed by atoms with Crippen LogP contribution in [0.15, 0.2) is 47.1 Å². The van der Waals surface area contributed by atoms with Gasteiger partial charge >= 0.3 is 0 Å². The van der Waals surface area contributed by atoms with Crippen molar-refractivity contribution in [3.05, 3.63) is 48.4 Å². The molecule has 2 heterocycles. The van der Waals surface area contributed by atoms with Gasteiger partial charge in [0.25, 0.3) is 0 Å². The van der Waals surface area contributed by atoms with E-state index in [1.165, 1.54) is 0 Å². The second-order valence-electron chi connectivity index (χ2n) is 5.68. The SMILES string of the molecule is O=C(CNc1cccc(OCC2CCCO2)c1)NCc1ccco1. The molecular formula is C18H22N2O4. The summed E-state index contributed by atoms with van der Waals surface area (Å²) in [6.45, 7) is 1.96. The summed E-state index contributed by atoms with van der Waals surface area (Å²) >= 11 is 0. The molecule has 2 aromatic rings. The molecule has 1 aromatic heterocycles. The Kier molecular flexibility index (Phi) is 5.74. The third-order valence-electron chi connectivity index (χ3n) is 3.79. The highest BCUT2D eigenvalue weighted by Crippen LogP contribution is 2.19. The van der Waals surface area contributed by atoms with Crippen LogP contribution in [0.1, 0.15) is 18.6 Å². The van der Waals surface area contributed by atoms with Crippen LogP contribution in [0.4, 0.5) is 5.69 Å².